The number of hydrogen-bond donors (Lipinski definition) is 2. The van der Waals surface area contributed by atoms with Crippen molar-refractivity contribution in [2.24, 2.45) is 0 Å². The van der Waals surface area contributed by atoms with E-state index in [1.165, 1.54) is 17.7 Å². The largest absolute Gasteiger partial charge is 0.356 e. The lowest BCUT2D eigenvalue weighted by atomic mass is 10.1. The molecular formula is C17H19FN2S. The minimum absolute atomic E-state index is 0.0133. The molecular weight excluding hydrogens is 283 g/mol. The van der Waals surface area contributed by atoms with Gasteiger partial charge in [0.05, 0.1) is 6.04 Å². The minimum Gasteiger partial charge on any atom is -0.356 e. The quantitative estimate of drug-likeness (QED) is 0.817. The molecule has 2 nitrogen and oxygen atoms in total. The monoisotopic (exact) mass is 302 g/mol. The summed E-state index contributed by atoms with van der Waals surface area (Å²) in [4.78, 5) is 0. The molecule has 0 aliphatic carbocycles. The van der Waals surface area contributed by atoms with Gasteiger partial charge in [-0.1, -0.05) is 37.3 Å². The van der Waals surface area contributed by atoms with Gasteiger partial charge in [-0.2, -0.15) is 0 Å². The van der Waals surface area contributed by atoms with Gasteiger partial charge in [-0.05, 0) is 54.9 Å². The van der Waals surface area contributed by atoms with Gasteiger partial charge in [0, 0.05) is 5.69 Å². The Kier molecular flexibility index (Phi) is 5.28. The first-order valence-electron chi connectivity index (χ1n) is 7.01. The molecule has 2 rings (SSSR count). The molecule has 0 unspecified atom stereocenters. The molecule has 0 saturated heterocycles. The molecule has 2 aromatic carbocycles. The molecule has 0 radical (unpaired) electrons. The number of anilines is 1. The van der Waals surface area contributed by atoms with Crippen LogP contribution >= 0.6 is 12.2 Å². The Morgan fingerprint density at radius 3 is 2.48 bits per heavy atom. The second-order valence-corrected chi connectivity index (χ2v) is 5.29. The Bertz CT molecular complexity index is 610. The molecule has 21 heavy (non-hydrogen) atoms. The van der Waals surface area contributed by atoms with Crippen LogP contribution in [0.2, 0.25) is 0 Å². The van der Waals surface area contributed by atoms with Gasteiger partial charge >= 0.3 is 0 Å². The first kappa shape index (κ1) is 15.4. The highest BCUT2D eigenvalue weighted by Crippen LogP contribution is 2.17. The molecule has 0 amide bonds. The summed E-state index contributed by atoms with van der Waals surface area (Å²) in [6.45, 7) is 4.10. The highest BCUT2D eigenvalue weighted by atomic mass is 32.1. The molecule has 0 aliphatic rings. The van der Waals surface area contributed by atoms with Gasteiger partial charge in [0.15, 0.2) is 5.11 Å². The molecule has 0 heterocycles. The van der Waals surface area contributed by atoms with Crippen LogP contribution in [0, 0.1) is 5.82 Å². The van der Waals surface area contributed by atoms with E-state index in [4.69, 9.17) is 12.2 Å². The summed E-state index contributed by atoms with van der Waals surface area (Å²) in [7, 11) is 0. The SMILES string of the molecule is CCc1ccccc1NC(=S)N[C@@H](C)c1ccc(F)cc1. The van der Waals surface area contributed by atoms with E-state index in [1.807, 2.05) is 25.1 Å². The van der Waals surface area contributed by atoms with E-state index in [0.29, 0.717) is 5.11 Å². The third kappa shape index (κ3) is 4.26. The standard InChI is InChI=1S/C17H19FN2S/c1-3-13-6-4-5-7-16(13)20-17(21)19-12(2)14-8-10-15(18)11-9-14/h4-12H,3H2,1-2H3,(H2,19,20,21)/t12-/m0/s1. The maximum atomic E-state index is 12.9. The molecule has 2 aromatic rings. The molecule has 4 heteroatoms. The van der Waals surface area contributed by atoms with E-state index >= 15 is 0 Å². The number of rotatable bonds is 4. The molecule has 0 saturated carbocycles. The van der Waals surface area contributed by atoms with Crippen LogP contribution in [-0.4, -0.2) is 5.11 Å². The third-order valence-electron chi connectivity index (χ3n) is 3.36. The number of hydrogen-bond acceptors (Lipinski definition) is 1. The fourth-order valence-corrected chi connectivity index (χ4v) is 2.43. The summed E-state index contributed by atoms with van der Waals surface area (Å²) in [6, 6.07) is 14.5. The number of para-hydroxylation sites is 1. The average Bonchev–Trinajstić information content (AvgIpc) is 2.48. The number of thiocarbonyl (C=S) groups is 1. The summed E-state index contributed by atoms with van der Waals surface area (Å²) in [6.07, 6.45) is 0.944. The summed E-state index contributed by atoms with van der Waals surface area (Å²) >= 11 is 5.35. The topological polar surface area (TPSA) is 24.1 Å². The zero-order valence-electron chi connectivity index (χ0n) is 12.2. The number of benzene rings is 2. The molecule has 2 N–H and O–H groups in total. The van der Waals surface area contributed by atoms with E-state index < -0.39 is 0 Å². The Hall–Kier alpha value is -1.94. The van der Waals surface area contributed by atoms with Crippen molar-refractivity contribution in [2.75, 3.05) is 5.32 Å². The molecule has 0 spiro atoms. The smallest absolute Gasteiger partial charge is 0.171 e. The first-order valence-corrected chi connectivity index (χ1v) is 7.42. The van der Waals surface area contributed by atoms with Gasteiger partial charge in [-0.3, -0.25) is 0 Å². The number of halogens is 1. The predicted molar refractivity (Wildman–Crippen MR) is 90.0 cm³/mol. The van der Waals surface area contributed by atoms with Gasteiger partial charge < -0.3 is 10.6 Å². The van der Waals surface area contributed by atoms with E-state index in [-0.39, 0.29) is 11.9 Å². The zero-order chi connectivity index (χ0) is 15.2. The number of aryl methyl sites for hydroxylation is 1. The van der Waals surface area contributed by atoms with Crippen LogP contribution < -0.4 is 10.6 Å². The maximum Gasteiger partial charge on any atom is 0.171 e. The predicted octanol–water partition coefficient (Wildman–Crippen LogP) is 4.44. The van der Waals surface area contributed by atoms with Crippen molar-refractivity contribution in [1.29, 1.82) is 0 Å². The highest BCUT2D eigenvalue weighted by Gasteiger charge is 2.08. The van der Waals surface area contributed by atoms with E-state index in [9.17, 15) is 4.39 Å². The van der Waals surface area contributed by atoms with Gasteiger partial charge in [-0.25, -0.2) is 4.39 Å². The summed E-state index contributed by atoms with van der Waals surface area (Å²) in [5.41, 5.74) is 3.23. The normalized spacial score (nSPS) is 11.8. The van der Waals surface area contributed by atoms with Crippen LogP contribution in [0.15, 0.2) is 48.5 Å². The summed E-state index contributed by atoms with van der Waals surface area (Å²) in [5.74, 6) is -0.233. The Morgan fingerprint density at radius 1 is 1.14 bits per heavy atom. The second-order valence-electron chi connectivity index (χ2n) is 4.88. The molecule has 0 aliphatic heterocycles. The summed E-state index contributed by atoms with van der Waals surface area (Å²) < 4.78 is 12.9. The van der Waals surface area contributed by atoms with E-state index in [1.54, 1.807) is 12.1 Å². The van der Waals surface area contributed by atoms with Gasteiger partial charge in [-0.15, -0.1) is 0 Å². The van der Waals surface area contributed by atoms with E-state index in [2.05, 4.69) is 23.6 Å². The average molecular weight is 302 g/mol. The van der Waals surface area contributed by atoms with Crippen LogP contribution in [-0.2, 0) is 6.42 Å². The fourth-order valence-electron chi connectivity index (χ4n) is 2.14. The number of nitrogens with one attached hydrogen (secondary N) is 2. The second kappa shape index (κ2) is 7.18. The maximum absolute atomic E-state index is 12.9. The van der Waals surface area contributed by atoms with Crippen molar-refractivity contribution in [3.05, 3.63) is 65.5 Å². The van der Waals surface area contributed by atoms with Gasteiger partial charge in [0.25, 0.3) is 0 Å². The lowest BCUT2D eigenvalue weighted by molar-refractivity contribution is 0.624. The van der Waals surface area contributed by atoms with Crippen molar-refractivity contribution in [2.45, 2.75) is 26.3 Å². The Labute approximate surface area is 130 Å². The Morgan fingerprint density at radius 2 is 1.81 bits per heavy atom. The van der Waals surface area contributed by atoms with Crippen LogP contribution in [0.4, 0.5) is 10.1 Å². The van der Waals surface area contributed by atoms with Crippen LogP contribution in [0.3, 0.4) is 0 Å². The lowest BCUT2D eigenvalue weighted by Gasteiger charge is -2.18. The van der Waals surface area contributed by atoms with Gasteiger partial charge in [0.1, 0.15) is 5.82 Å². The Balaban J connectivity index is 1.99. The van der Waals surface area contributed by atoms with Crippen molar-refractivity contribution < 1.29 is 4.39 Å². The molecule has 0 aromatic heterocycles. The van der Waals surface area contributed by atoms with Crippen LogP contribution in [0.25, 0.3) is 0 Å². The first-order chi connectivity index (χ1) is 10.1. The molecule has 0 bridgehead atoms. The van der Waals surface area contributed by atoms with Crippen molar-refractivity contribution in [3.63, 3.8) is 0 Å². The lowest BCUT2D eigenvalue weighted by Crippen LogP contribution is -2.31. The van der Waals surface area contributed by atoms with Crippen LogP contribution in [0.5, 0.6) is 0 Å². The van der Waals surface area contributed by atoms with Gasteiger partial charge in [0.2, 0.25) is 0 Å². The van der Waals surface area contributed by atoms with Crippen molar-refractivity contribution in [3.8, 4) is 0 Å². The van der Waals surface area contributed by atoms with Crippen LogP contribution in [0.1, 0.15) is 31.0 Å². The minimum atomic E-state index is -0.233. The zero-order valence-corrected chi connectivity index (χ0v) is 13.0. The molecule has 0 fully saturated rings. The van der Waals surface area contributed by atoms with Crippen molar-refractivity contribution in [1.82, 2.24) is 5.32 Å². The molecule has 1 atom stereocenters. The molecule has 110 valence electrons. The fraction of sp³-hybridized carbons (Fsp3) is 0.235. The van der Waals surface area contributed by atoms with Crippen molar-refractivity contribution >= 4 is 23.0 Å². The van der Waals surface area contributed by atoms with E-state index in [0.717, 1.165) is 17.7 Å². The summed E-state index contributed by atoms with van der Waals surface area (Å²) in [5, 5.41) is 7.00. The highest BCUT2D eigenvalue weighted by molar-refractivity contribution is 7.80. The third-order valence-corrected chi connectivity index (χ3v) is 3.58.